The molecule has 134 valence electrons. The molecule has 2 N–H and O–H groups in total. The second kappa shape index (κ2) is 6.95. The Balaban J connectivity index is 1.79. The van der Waals surface area contributed by atoms with Crippen molar-refractivity contribution in [1.29, 1.82) is 5.41 Å². The molecule has 4 rings (SSSR count). The van der Waals surface area contributed by atoms with Crippen LogP contribution in [-0.4, -0.2) is 38.1 Å². The third kappa shape index (κ3) is 3.03. The van der Waals surface area contributed by atoms with Gasteiger partial charge in [-0.25, -0.2) is 0 Å². The van der Waals surface area contributed by atoms with Gasteiger partial charge in [0.15, 0.2) is 11.5 Å². The van der Waals surface area contributed by atoms with Crippen molar-refractivity contribution in [2.24, 2.45) is 0 Å². The first-order chi connectivity index (χ1) is 13.2. The average Bonchev–Trinajstić information content (AvgIpc) is 3.14. The highest BCUT2D eigenvalue weighted by Gasteiger charge is 2.18. The molecule has 3 aromatic heterocycles. The summed E-state index contributed by atoms with van der Waals surface area (Å²) >= 11 is 0. The molecule has 3 heterocycles. The molecule has 0 radical (unpaired) electrons. The van der Waals surface area contributed by atoms with Gasteiger partial charge in [-0.15, -0.1) is 10.2 Å². The van der Waals surface area contributed by atoms with Crippen LogP contribution < -0.4 is 5.32 Å². The summed E-state index contributed by atoms with van der Waals surface area (Å²) in [6.45, 7) is 2.09. The van der Waals surface area contributed by atoms with Crippen LogP contribution in [0.15, 0.2) is 54.9 Å². The van der Waals surface area contributed by atoms with Crippen LogP contribution >= 0.6 is 0 Å². The highest BCUT2D eigenvalue weighted by molar-refractivity contribution is 6.07. The Morgan fingerprint density at radius 2 is 2.07 bits per heavy atom. The number of nitrogens with one attached hydrogen (secondary N) is 2. The van der Waals surface area contributed by atoms with Gasteiger partial charge in [0.1, 0.15) is 0 Å². The average molecular weight is 357 g/mol. The number of rotatable bonds is 5. The lowest BCUT2D eigenvalue weighted by molar-refractivity contribution is 0.748. The first-order valence-corrected chi connectivity index (χ1v) is 8.66. The zero-order valence-electron chi connectivity index (χ0n) is 15.1. The molecule has 0 bridgehead atoms. The summed E-state index contributed by atoms with van der Waals surface area (Å²) in [5, 5.41) is 24.9. The quantitative estimate of drug-likeness (QED) is 0.536. The molecule has 0 aliphatic carbocycles. The van der Waals surface area contributed by atoms with Gasteiger partial charge >= 0.3 is 0 Å². The first-order valence-electron chi connectivity index (χ1n) is 8.66. The maximum absolute atomic E-state index is 7.60. The standard InChI is InChI=1S/C20H19N7/c1-13(14-5-6-17-15(10-14)4-3-9-23-17)20-25-24-19-8-7-18(26-27(19)20)16(11-21)12-22-2/h3-13,21-22H,1-2H3/b16-12+,21-11?. The van der Waals surface area contributed by atoms with Crippen LogP contribution in [-0.2, 0) is 0 Å². The van der Waals surface area contributed by atoms with Gasteiger partial charge in [0.05, 0.1) is 11.2 Å². The van der Waals surface area contributed by atoms with Gasteiger partial charge in [-0.1, -0.05) is 19.1 Å². The summed E-state index contributed by atoms with van der Waals surface area (Å²) in [7, 11) is 1.79. The first kappa shape index (κ1) is 16.8. The van der Waals surface area contributed by atoms with Crippen LogP contribution in [0.1, 0.15) is 29.9 Å². The number of hydrogen-bond acceptors (Lipinski definition) is 6. The Labute approximate surface area is 156 Å². The van der Waals surface area contributed by atoms with Crippen molar-refractivity contribution in [1.82, 2.24) is 30.1 Å². The van der Waals surface area contributed by atoms with E-state index in [2.05, 4.69) is 50.7 Å². The summed E-state index contributed by atoms with van der Waals surface area (Å²) < 4.78 is 1.75. The van der Waals surface area contributed by atoms with Gasteiger partial charge in [0.25, 0.3) is 0 Å². The second-order valence-electron chi connectivity index (χ2n) is 6.26. The molecular weight excluding hydrogens is 338 g/mol. The van der Waals surface area contributed by atoms with Gasteiger partial charge in [0.2, 0.25) is 0 Å². The maximum Gasteiger partial charge on any atom is 0.177 e. The number of benzene rings is 1. The number of allylic oxidation sites excluding steroid dienone is 1. The molecular formula is C20H19N7. The predicted molar refractivity (Wildman–Crippen MR) is 106 cm³/mol. The molecule has 27 heavy (non-hydrogen) atoms. The van der Waals surface area contributed by atoms with Gasteiger partial charge in [-0.2, -0.15) is 9.61 Å². The number of hydrogen-bond donors (Lipinski definition) is 2. The molecule has 0 aliphatic heterocycles. The highest BCUT2D eigenvalue weighted by atomic mass is 15.4. The van der Waals surface area contributed by atoms with E-state index in [0.717, 1.165) is 22.3 Å². The minimum absolute atomic E-state index is 0.00377. The van der Waals surface area contributed by atoms with Crippen LogP contribution in [0.4, 0.5) is 0 Å². The molecule has 4 aromatic rings. The molecule has 7 nitrogen and oxygen atoms in total. The summed E-state index contributed by atoms with van der Waals surface area (Å²) in [4.78, 5) is 4.37. The van der Waals surface area contributed by atoms with E-state index < -0.39 is 0 Å². The Morgan fingerprint density at radius 3 is 2.89 bits per heavy atom. The van der Waals surface area contributed by atoms with Crippen LogP contribution in [0.25, 0.3) is 22.1 Å². The molecule has 0 spiro atoms. The normalized spacial score (nSPS) is 13.0. The predicted octanol–water partition coefficient (Wildman–Crippen LogP) is 3.03. The van der Waals surface area contributed by atoms with Gasteiger partial charge in [0, 0.05) is 42.5 Å². The van der Waals surface area contributed by atoms with E-state index in [1.54, 1.807) is 24.0 Å². The fraction of sp³-hybridized carbons (Fsp3) is 0.150. The van der Waals surface area contributed by atoms with E-state index in [1.807, 2.05) is 24.3 Å². The third-order valence-corrected chi connectivity index (χ3v) is 4.55. The van der Waals surface area contributed by atoms with E-state index in [9.17, 15) is 0 Å². The van der Waals surface area contributed by atoms with Crippen LogP contribution in [0.5, 0.6) is 0 Å². The number of aromatic nitrogens is 5. The fourth-order valence-corrected chi connectivity index (χ4v) is 3.09. The SMILES string of the molecule is CN/C=C(\C=N)c1ccc2nnc(C(C)c3ccc4ncccc4c3)n2n1. The lowest BCUT2D eigenvalue weighted by Gasteiger charge is -2.11. The monoisotopic (exact) mass is 357 g/mol. The molecule has 0 saturated carbocycles. The van der Waals surface area contributed by atoms with Gasteiger partial charge in [-0.05, 0) is 35.9 Å². The molecule has 1 atom stereocenters. The minimum atomic E-state index is 0.00377. The molecule has 0 aliphatic rings. The van der Waals surface area contributed by atoms with Crippen molar-refractivity contribution >= 4 is 28.3 Å². The number of fused-ring (bicyclic) bond motifs is 2. The zero-order chi connectivity index (χ0) is 18.8. The summed E-state index contributed by atoms with van der Waals surface area (Å²) in [6, 6.07) is 13.9. The van der Waals surface area contributed by atoms with Crippen molar-refractivity contribution < 1.29 is 0 Å². The van der Waals surface area contributed by atoms with Crippen molar-refractivity contribution in [2.75, 3.05) is 7.05 Å². The maximum atomic E-state index is 7.60. The van der Waals surface area contributed by atoms with E-state index in [1.165, 1.54) is 6.21 Å². The van der Waals surface area contributed by atoms with Gasteiger partial charge in [-0.3, -0.25) is 4.98 Å². The second-order valence-corrected chi connectivity index (χ2v) is 6.26. The van der Waals surface area contributed by atoms with Crippen molar-refractivity contribution in [2.45, 2.75) is 12.8 Å². The molecule has 0 saturated heterocycles. The Kier molecular flexibility index (Phi) is 4.33. The van der Waals surface area contributed by atoms with Gasteiger partial charge < -0.3 is 10.7 Å². The lowest BCUT2D eigenvalue weighted by atomic mass is 9.98. The summed E-state index contributed by atoms with van der Waals surface area (Å²) in [6.07, 6.45) is 4.81. The largest absolute Gasteiger partial charge is 0.393 e. The summed E-state index contributed by atoms with van der Waals surface area (Å²) in [5.74, 6) is 0.757. The smallest absolute Gasteiger partial charge is 0.177 e. The molecule has 0 amide bonds. The van der Waals surface area contributed by atoms with E-state index in [0.29, 0.717) is 16.9 Å². The zero-order valence-corrected chi connectivity index (χ0v) is 15.1. The Hall–Kier alpha value is -3.61. The highest BCUT2D eigenvalue weighted by Crippen LogP contribution is 2.26. The number of pyridine rings is 1. The minimum Gasteiger partial charge on any atom is -0.393 e. The van der Waals surface area contributed by atoms with Crippen LogP contribution in [0, 0.1) is 5.41 Å². The molecule has 7 heteroatoms. The van der Waals surface area contributed by atoms with Crippen molar-refractivity contribution in [3.05, 3.63) is 71.9 Å². The van der Waals surface area contributed by atoms with Crippen LogP contribution in [0.2, 0.25) is 0 Å². The van der Waals surface area contributed by atoms with E-state index in [-0.39, 0.29) is 5.92 Å². The lowest BCUT2D eigenvalue weighted by Crippen LogP contribution is -2.07. The fourth-order valence-electron chi connectivity index (χ4n) is 3.09. The molecule has 1 unspecified atom stereocenters. The van der Waals surface area contributed by atoms with E-state index in [4.69, 9.17) is 5.41 Å². The third-order valence-electron chi connectivity index (χ3n) is 4.55. The topological polar surface area (TPSA) is 91.9 Å². The Bertz CT molecular complexity index is 1160. The van der Waals surface area contributed by atoms with Crippen molar-refractivity contribution in [3.8, 4) is 0 Å². The molecule has 1 aromatic carbocycles. The van der Waals surface area contributed by atoms with E-state index >= 15 is 0 Å². The van der Waals surface area contributed by atoms with Crippen molar-refractivity contribution in [3.63, 3.8) is 0 Å². The molecule has 0 fully saturated rings. The van der Waals surface area contributed by atoms with Crippen LogP contribution in [0.3, 0.4) is 0 Å². The summed E-state index contributed by atoms with van der Waals surface area (Å²) in [5.41, 5.74) is 4.13. The Morgan fingerprint density at radius 1 is 1.19 bits per heavy atom. The number of nitrogens with zero attached hydrogens (tertiary/aromatic N) is 5.